The lowest BCUT2D eigenvalue weighted by molar-refractivity contribution is -0.156. The summed E-state index contributed by atoms with van der Waals surface area (Å²) in [6, 6.07) is 8.01. The van der Waals surface area contributed by atoms with Gasteiger partial charge in [-0.2, -0.15) is 0 Å². The molecule has 0 bridgehead atoms. The molecule has 1 aromatic rings. The second-order valence-electron chi connectivity index (χ2n) is 3.26. The van der Waals surface area contributed by atoms with E-state index in [-0.39, 0.29) is 12.2 Å². The lowest BCUT2D eigenvalue weighted by Gasteiger charge is -2.16. The normalized spacial score (nSPS) is 9.44. The molecule has 0 aromatic heterocycles. The van der Waals surface area contributed by atoms with Gasteiger partial charge in [-0.05, 0) is 19.1 Å². The molecule has 0 N–H and O–H groups in total. The van der Waals surface area contributed by atoms with Gasteiger partial charge in [0.1, 0.15) is 0 Å². The van der Waals surface area contributed by atoms with E-state index in [0.717, 1.165) is 6.92 Å². The molecule has 2 amide bonds. The molecule has 18 heavy (non-hydrogen) atoms. The van der Waals surface area contributed by atoms with Gasteiger partial charge < -0.3 is 9.57 Å². The number of rotatable bonds is 2. The molecule has 0 heterocycles. The van der Waals surface area contributed by atoms with Gasteiger partial charge >= 0.3 is 12.1 Å². The van der Waals surface area contributed by atoms with Crippen molar-refractivity contribution in [1.29, 1.82) is 0 Å². The molecule has 1 aromatic carbocycles. The highest BCUT2D eigenvalue weighted by Gasteiger charge is 2.25. The van der Waals surface area contributed by atoms with Crippen LogP contribution < -0.4 is 0 Å². The third-order valence-electron chi connectivity index (χ3n) is 1.90. The van der Waals surface area contributed by atoms with Gasteiger partial charge in [0.2, 0.25) is 0 Å². The zero-order chi connectivity index (χ0) is 13.5. The Morgan fingerprint density at radius 2 is 1.78 bits per heavy atom. The third-order valence-corrected chi connectivity index (χ3v) is 1.90. The summed E-state index contributed by atoms with van der Waals surface area (Å²) in [5, 5.41) is 0.291. The Morgan fingerprint density at radius 1 is 1.17 bits per heavy atom. The van der Waals surface area contributed by atoms with Crippen molar-refractivity contribution < 1.29 is 24.0 Å². The lowest BCUT2D eigenvalue weighted by Crippen LogP contribution is -2.37. The highest BCUT2D eigenvalue weighted by atomic mass is 16.8. The molecule has 0 atom stereocenters. The molecule has 0 unspecified atom stereocenters. The number of carbonyl (C=O) groups excluding carboxylic acids is 3. The molecule has 0 saturated carbocycles. The fourth-order valence-corrected chi connectivity index (χ4v) is 1.12. The minimum absolute atomic E-state index is 0.0749. The van der Waals surface area contributed by atoms with E-state index >= 15 is 0 Å². The van der Waals surface area contributed by atoms with Crippen molar-refractivity contribution in [1.82, 2.24) is 5.06 Å². The van der Waals surface area contributed by atoms with E-state index < -0.39 is 18.0 Å². The predicted octanol–water partition coefficient (Wildman–Crippen LogP) is 1.76. The van der Waals surface area contributed by atoms with E-state index in [1.54, 1.807) is 25.1 Å². The average molecular weight is 251 g/mol. The number of carbonyl (C=O) groups is 3. The summed E-state index contributed by atoms with van der Waals surface area (Å²) in [7, 11) is 0. The van der Waals surface area contributed by atoms with E-state index in [2.05, 4.69) is 9.57 Å². The van der Waals surface area contributed by atoms with Gasteiger partial charge in [-0.3, -0.25) is 4.79 Å². The van der Waals surface area contributed by atoms with Gasteiger partial charge in [-0.15, -0.1) is 0 Å². The van der Waals surface area contributed by atoms with Gasteiger partial charge in [-0.1, -0.05) is 23.3 Å². The highest BCUT2D eigenvalue weighted by molar-refractivity contribution is 5.94. The zero-order valence-electron chi connectivity index (χ0n) is 10.1. The first-order valence-corrected chi connectivity index (χ1v) is 5.31. The van der Waals surface area contributed by atoms with Crippen molar-refractivity contribution in [3.8, 4) is 0 Å². The number of hydrogen-bond donors (Lipinski definition) is 0. The van der Waals surface area contributed by atoms with Gasteiger partial charge in [-0.25, -0.2) is 9.59 Å². The van der Waals surface area contributed by atoms with Crippen LogP contribution in [0.15, 0.2) is 30.3 Å². The summed E-state index contributed by atoms with van der Waals surface area (Å²) in [4.78, 5) is 38.9. The van der Waals surface area contributed by atoms with Crippen LogP contribution in [-0.2, 0) is 14.4 Å². The van der Waals surface area contributed by atoms with Crippen LogP contribution in [-0.4, -0.2) is 29.6 Å². The molecule has 0 aliphatic heterocycles. The van der Waals surface area contributed by atoms with Gasteiger partial charge in [0.15, 0.2) is 0 Å². The molecule has 96 valence electrons. The molecule has 6 nitrogen and oxygen atoms in total. The van der Waals surface area contributed by atoms with E-state index in [4.69, 9.17) is 0 Å². The van der Waals surface area contributed by atoms with Crippen LogP contribution in [0, 0.1) is 0 Å². The van der Waals surface area contributed by atoms with Crippen molar-refractivity contribution in [2.24, 2.45) is 0 Å². The number of nitrogens with zero attached hydrogens (tertiary/aromatic N) is 1. The minimum Gasteiger partial charge on any atom is -0.447 e. The van der Waals surface area contributed by atoms with Crippen LogP contribution >= 0.6 is 0 Å². The number of amides is 2. The van der Waals surface area contributed by atoms with Crippen molar-refractivity contribution in [3.05, 3.63) is 35.9 Å². The largest absolute Gasteiger partial charge is 0.451 e. The van der Waals surface area contributed by atoms with E-state index in [0.29, 0.717) is 5.06 Å². The summed E-state index contributed by atoms with van der Waals surface area (Å²) >= 11 is 0. The van der Waals surface area contributed by atoms with E-state index in [1.807, 2.05) is 0 Å². The molecule has 0 spiro atoms. The molecule has 0 aliphatic rings. The maximum Gasteiger partial charge on any atom is 0.451 e. The SMILES string of the molecule is CCOC(=O)N(OC(=O)c1ccccc1)C(C)=O. The van der Waals surface area contributed by atoms with Crippen LogP contribution in [0.4, 0.5) is 4.79 Å². The summed E-state index contributed by atoms with van der Waals surface area (Å²) in [6.07, 6.45) is -1.02. The van der Waals surface area contributed by atoms with Gasteiger partial charge in [0, 0.05) is 6.92 Å². The number of benzene rings is 1. The van der Waals surface area contributed by atoms with Crippen molar-refractivity contribution in [2.75, 3.05) is 6.61 Å². The number of hydrogen-bond acceptors (Lipinski definition) is 5. The van der Waals surface area contributed by atoms with Crippen LogP contribution in [0.25, 0.3) is 0 Å². The van der Waals surface area contributed by atoms with Crippen LogP contribution in [0.3, 0.4) is 0 Å². The monoisotopic (exact) mass is 251 g/mol. The predicted molar refractivity (Wildman–Crippen MR) is 61.4 cm³/mol. The summed E-state index contributed by atoms with van der Waals surface area (Å²) in [6.45, 7) is 2.75. The lowest BCUT2D eigenvalue weighted by atomic mass is 10.2. The maximum absolute atomic E-state index is 11.6. The van der Waals surface area contributed by atoms with Crippen molar-refractivity contribution in [2.45, 2.75) is 13.8 Å². The maximum atomic E-state index is 11.6. The number of ether oxygens (including phenoxy) is 1. The molecule has 0 radical (unpaired) electrons. The molecule has 1 rings (SSSR count). The standard InChI is InChI=1S/C12H13NO5/c1-3-17-12(16)13(9(2)14)18-11(15)10-7-5-4-6-8-10/h4-8H,3H2,1-2H3. The molecular formula is C12H13NO5. The zero-order valence-corrected chi connectivity index (χ0v) is 10.1. The van der Waals surface area contributed by atoms with Crippen molar-refractivity contribution in [3.63, 3.8) is 0 Å². The number of hydroxylamine groups is 2. The second kappa shape index (κ2) is 6.39. The van der Waals surface area contributed by atoms with Crippen molar-refractivity contribution >= 4 is 18.0 Å². The Labute approximate surface area is 104 Å². The van der Waals surface area contributed by atoms with Gasteiger partial charge in [0.25, 0.3) is 5.91 Å². The number of imide groups is 1. The summed E-state index contributed by atoms with van der Waals surface area (Å²) in [5.74, 6) is -1.54. The Kier molecular flexibility index (Phi) is 4.86. The fourth-order valence-electron chi connectivity index (χ4n) is 1.12. The Balaban J connectivity index is 2.76. The molecule has 6 heteroatoms. The molecular weight excluding hydrogens is 238 g/mol. The fraction of sp³-hybridized carbons (Fsp3) is 0.250. The Morgan fingerprint density at radius 3 is 2.28 bits per heavy atom. The quantitative estimate of drug-likeness (QED) is 0.749. The molecule has 0 aliphatic carbocycles. The third kappa shape index (κ3) is 3.58. The average Bonchev–Trinajstić information content (AvgIpc) is 2.36. The van der Waals surface area contributed by atoms with E-state index in [1.165, 1.54) is 12.1 Å². The Bertz CT molecular complexity index is 443. The first-order chi connectivity index (χ1) is 8.56. The van der Waals surface area contributed by atoms with Crippen LogP contribution in [0.5, 0.6) is 0 Å². The van der Waals surface area contributed by atoms with E-state index in [9.17, 15) is 14.4 Å². The smallest absolute Gasteiger partial charge is 0.447 e. The first-order valence-electron chi connectivity index (χ1n) is 5.31. The summed E-state index contributed by atoms with van der Waals surface area (Å²) < 4.78 is 4.59. The second-order valence-corrected chi connectivity index (χ2v) is 3.26. The first kappa shape index (κ1) is 13.7. The van der Waals surface area contributed by atoms with Crippen LogP contribution in [0.2, 0.25) is 0 Å². The molecule has 0 saturated heterocycles. The Hall–Kier alpha value is -2.37. The van der Waals surface area contributed by atoms with Crippen LogP contribution in [0.1, 0.15) is 24.2 Å². The highest BCUT2D eigenvalue weighted by Crippen LogP contribution is 2.05. The minimum atomic E-state index is -1.02. The topological polar surface area (TPSA) is 72.9 Å². The summed E-state index contributed by atoms with van der Waals surface area (Å²) in [5.41, 5.74) is 0.230. The molecule has 0 fully saturated rings. The van der Waals surface area contributed by atoms with Gasteiger partial charge in [0.05, 0.1) is 12.2 Å².